The fourth-order valence-corrected chi connectivity index (χ4v) is 3.49. The van der Waals surface area contributed by atoms with Gasteiger partial charge in [-0.05, 0) is 19.9 Å². The van der Waals surface area contributed by atoms with Crippen LogP contribution in [0, 0.1) is 6.92 Å². The van der Waals surface area contributed by atoms with Crippen LogP contribution in [0.2, 0.25) is 0 Å². The van der Waals surface area contributed by atoms with Crippen LogP contribution in [0.25, 0.3) is 0 Å². The predicted molar refractivity (Wildman–Crippen MR) is 80.0 cm³/mol. The molecule has 0 saturated carbocycles. The SMILES string of the molecule is C=CCN(CC)S(=O)(=O)c1n[nH]c(C)c1CNCCC. The molecular weight excluding hydrogens is 276 g/mol. The highest BCUT2D eigenvalue weighted by atomic mass is 32.2. The van der Waals surface area contributed by atoms with E-state index in [0.29, 0.717) is 18.7 Å². The van der Waals surface area contributed by atoms with E-state index in [1.807, 2.05) is 6.92 Å². The Kier molecular flexibility index (Phi) is 6.38. The quantitative estimate of drug-likeness (QED) is 0.534. The van der Waals surface area contributed by atoms with Crippen LogP contribution in [-0.2, 0) is 16.6 Å². The molecule has 0 radical (unpaired) electrons. The van der Waals surface area contributed by atoms with Crippen molar-refractivity contribution in [2.24, 2.45) is 0 Å². The summed E-state index contributed by atoms with van der Waals surface area (Å²) in [5.41, 5.74) is 1.49. The molecule has 0 aliphatic carbocycles. The minimum absolute atomic E-state index is 0.113. The van der Waals surface area contributed by atoms with Crippen LogP contribution in [0.1, 0.15) is 31.5 Å². The molecule has 0 saturated heterocycles. The van der Waals surface area contributed by atoms with Gasteiger partial charge in [-0.3, -0.25) is 5.10 Å². The van der Waals surface area contributed by atoms with Gasteiger partial charge in [0, 0.05) is 30.9 Å². The van der Waals surface area contributed by atoms with Gasteiger partial charge in [0.25, 0.3) is 10.0 Å². The highest BCUT2D eigenvalue weighted by Gasteiger charge is 2.28. The second-order valence-corrected chi connectivity index (χ2v) is 6.41. The van der Waals surface area contributed by atoms with E-state index in [1.54, 1.807) is 13.0 Å². The summed E-state index contributed by atoms with van der Waals surface area (Å²) in [6, 6.07) is 0. The molecule has 20 heavy (non-hydrogen) atoms. The molecule has 0 spiro atoms. The van der Waals surface area contributed by atoms with Crippen molar-refractivity contribution in [3.8, 4) is 0 Å². The Morgan fingerprint density at radius 3 is 2.70 bits per heavy atom. The van der Waals surface area contributed by atoms with Crippen molar-refractivity contribution in [1.29, 1.82) is 0 Å². The third-order valence-electron chi connectivity index (χ3n) is 3.03. The van der Waals surface area contributed by atoms with Crippen LogP contribution in [0.5, 0.6) is 0 Å². The number of hydrogen-bond donors (Lipinski definition) is 2. The van der Waals surface area contributed by atoms with E-state index in [9.17, 15) is 8.42 Å². The summed E-state index contributed by atoms with van der Waals surface area (Å²) in [7, 11) is -3.58. The van der Waals surface area contributed by atoms with Gasteiger partial charge >= 0.3 is 0 Å². The molecule has 0 bridgehead atoms. The molecule has 2 N–H and O–H groups in total. The second kappa shape index (κ2) is 7.56. The van der Waals surface area contributed by atoms with Gasteiger partial charge in [0.2, 0.25) is 0 Å². The van der Waals surface area contributed by atoms with Crippen molar-refractivity contribution in [3.05, 3.63) is 23.9 Å². The van der Waals surface area contributed by atoms with E-state index in [1.165, 1.54) is 4.31 Å². The summed E-state index contributed by atoms with van der Waals surface area (Å²) in [5, 5.41) is 10.1. The molecule has 0 unspecified atom stereocenters. The lowest BCUT2D eigenvalue weighted by Crippen LogP contribution is -2.32. The van der Waals surface area contributed by atoms with Gasteiger partial charge in [0.05, 0.1) is 0 Å². The monoisotopic (exact) mass is 300 g/mol. The maximum atomic E-state index is 12.6. The van der Waals surface area contributed by atoms with Crippen LogP contribution in [0.4, 0.5) is 0 Å². The third-order valence-corrected chi connectivity index (χ3v) is 4.95. The van der Waals surface area contributed by atoms with Crippen LogP contribution >= 0.6 is 0 Å². The average Bonchev–Trinajstić information content (AvgIpc) is 2.78. The Balaban J connectivity index is 3.08. The lowest BCUT2D eigenvalue weighted by molar-refractivity contribution is 0.455. The first-order valence-corrected chi connectivity index (χ1v) is 8.28. The highest BCUT2D eigenvalue weighted by Crippen LogP contribution is 2.20. The van der Waals surface area contributed by atoms with Crippen molar-refractivity contribution >= 4 is 10.0 Å². The van der Waals surface area contributed by atoms with Gasteiger partial charge in [-0.1, -0.05) is 19.9 Å². The molecular formula is C13H24N4O2S. The fourth-order valence-electron chi connectivity index (χ4n) is 1.91. The molecule has 114 valence electrons. The molecule has 7 heteroatoms. The predicted octanol–water partition coefficient (Wildman–Crippen LogP) is 1.41. The zero-order valence-corrected chi connectivity index (χ0v) is 13.3. The molecule has 0 amide bonds. The molecule has 1 heterocycles. The number of H-pyrrole nitrogens is 1. The number of nitrogens with zero attached hydrogens (tertiary/aromatic N) is 2. The maximum absolute atomic E-state index is 12.6. The first-order chi connectivity index (χ1) is 9.48. The van der Waals surface area contributed by atoms with Crippen molar-refractivity contribution in [2.45, 2.75) is 38.8 Å². The zero-order chi connectivity index (χ0) is 15.2. The Hall–Kier alpha value is -1.18. The molecule has 0 fully saturated rings. The van der Waals surface area contributed by atoms with Gasteiger partial charge in [-0.15, -0.1) is 6.58 Å². The van der Waals surface area contributed by atoms with E-state index < -0.39 is 10.0 Å². The Labute approximate surface area is 121 Å². The summed E-state index contributed by atoms with van der Waals surface area (Å²) in [6.07, 6.45) is 2.58. The Morgan fingerprint density at radius 1 is 1.45 bits per heavy atom. The minimum atomic E-state index is -3.58. The summed E-state index contributed by atoms with van der Waals surface area (Å²) in [6.45, 7) is 11.3. The molecule has 6 nitrogen and oxygen atoms in total. The van der Waals surface area contributed by atoms with Crippen molar-refractivity contribution in [1.82, 2.24) is 19.8 Å². The van der Waals surface area contributed by atoms with E-state index in [4.69, 9.17) is 0 Å². The summed E-state index contributed by atoms with van der Waals surface area (Å²) < 4.78 is 26.5. The number of hydrogen-bond acceptors (Lipinski definition) is 4. The zero-order valence-electron chi connectivity index (χ0n) is 12.4. The minimum Gasteiger partial charge on any atom is -0.313 e. The third kappa shape index (κ3) is 3.68. The highest BCUT2D eigenvalue weighted by molar-refractivity contribution is 7.89. The molecule has 1 aromatic rings. The van der Waals surface area contributed by atoms with Gasteiger partial charge in [-0.25, -0.2) is 8.42 Å². The van der Waals surface area contributed by atoms with Crippen LogP contribution in [0.3, 0.4) is 0 Å². The lowest BCUT2D eigenvalue weighted by atomic mass is 10.2. The average molecular weight is 300 g/mol. The normalized spacial score (nSPS) is 12.0. The number of aromatic nitrogens is 2. The van der Waals surface area contributed by atoms with Crippen molar-refractivity contribution in [3.63, 3.8) is 0 Å². The fraction of sp³-hybridized carbons (Fsp3) is 0.615. The number of likely N-dealkylation sites (N-methyl/N-ethyl adjacent to an activating group) is 1. The Bertz CT molecular complexity index is 537. The number of sulfonamides is 1. The van der Waals surface area contributed by atoms with Gasteiger partial charge in [0.15, 0.2) is 5.03 Å². The molecule has 1 aromatic heterocycles. The van der Waals surface area contributed by atoms with Crippen LogP contribution in [0.15, 0.2) is 17.7 Å². The van der Waals surface area contributed by atoms with E-state index in [2.05, 4.69) is 29.0 Å². The molecule has 0 aromatic carbocycles. The summed E-state index contributed by atoms with van der Waals surface area (Å²) in [5.74, 6) is 0. The number of aromatic amines is 1. The molecule has 0 atom stereocenters. The largest absolute Gasteiger partial charge is 0.313 e. The smallest absolute Gasteiger partial charge is 0.262 e. The first-order valence-electron chi connectivity index (χ1n) is 6.84. The number of rotatable bonds is 9. The van der Waals surface area contributed by atoms with E-state index in [0.717, 1.165) is 18.7 Å². The van der Waals surface area contributed by atoms with Crippen LogP contribution in [-0.4, -0.2) is 42.6 Å². The summed E-state index contributed by atoms with van der Waals surface area (Å²) >= 11 is 0. The van der Waals surface area contributed by atoms with E-state index >= 15 is 0 Å². The van der Waals surface area contributed by atoms with Crippen LogP contribution < -0.4 is 5.32 Å². The summed E-state index contributed by atoms with van der Waals surface area (Å²) in [4.78, 5) is 0. The standard InChI is InChI=1S/C13H24N4O2S/c1-5-8-14-10-12-11(4)15-16-13(12)20(18,19)17(7-3)9-6-2/h6,14H,2,5,7-10H2,1,3-4H3,(H,15,16). The second-order valence-electron chi connectivity index (χ2n) is 4.55. The Morgan fingerprint density at radius 2 is 2.15 bits per heavy atom. The maximum Gasteiger partial charge on any atom is 0.262 e. The van der Waals surface area contributed by atoms with Crippen molar-refractivity contribution in [2.75, 3.05) is 19.6 Å². The van der Waals surface area contributed by atoms with Gasteiger partial charge in [0.1, 0.15) is 0 Å². The first kappa shape index (κ1) is 16.9. The van der Waals surface area contributed by atoms with Gasteiger partial charge < -0.3 is 5.32 Å². The number of nitrogens with one attached hydrogen (secondary N) is 2. The van der Waals surface area contributed by atoms with Gasteiger partial charge in [-0.2, -0.15) is 9.40 Å². The molecule has 1 rings (SSSR count). The topological polar surface area (TPSA) is 78.1 Å². The van der Waals surface area contributed by atoms with E-state index in [-0.39, 0.29) is 11.6 Å². The molecule has 0 aliphatic heterocycles. The molecule has 0 aliphatic rings. The lowest BCUT2D eigenvalue weighted by Gasteiger charge is -2.18. The van der Waals surface area contributed by atoms with Crippen molar-refractivity contribution < 1.29 is 8.42 Å². The number of aryl methyl sites for hydroxylation is 1.